The van der Waals surface area contributed by atoms with Gasteiger partial charge in [-0.15, -0.1) is 0 Å². The van der Waals surface area contributed by atoms with Gasteiger partial charge in [-0.2, -0.15) is 12.6 Å². The summed E-state index contributed by atoms with van der Waals surface area (Å²) in [6.07, 6.45) is 1.58. The molecule has 1 aliphatic heterocycles. The maximum atomic E-state index is 11.0. The van der Waals surface area contributed by atoms with Crippen LogP contribution >= 0.6 is 12.6 Å². The first kappa shape index (κ1) is 8.87. The molecule has 1 rings (SSSR count). The van der Waals surface area contributed by atoms with Crippen LogP contribution in [0.5, 0.6) is 0 Å². The molecule has 1 aliphatic rings. The summed E-state index contributed by atoms with van der Waals surface area (Å²) < 4.78 is 0. The largest absolute Gasteiger partial charge is 0.352 e. The van der Waals surface area contributed by atoms with E-state index in [1.165, 1.54) is 0 Å². The van der Waals surface area contributed by atoms with Crippen molar-refractivity contribution >= 4 is 18.5 Å². The summed E-state index contributed by atoms with van der Waals surface area (Å²) in [5.74, 6) is 0.750. The standard InChI is InChI=1S/C7H14N2OS/c10-7(2-4-11)9-6-1-3-8-5-6/h6,8,11H,1-5H2,(H,9,10). The third-order valence-electron chi connectivity index (χ3n) is 1.76. The highest BCUT2D eigenvalue weighted by molar-refractivity contribution is 7.80. The van der Waals surface area contributed by atoms with Crippen molar-refractivity contribution in [3.8, 4) is 0 Å². The van der Waals surface area contributed by atoms with Crippen molar-refractivity contribution in [2.24, 2.45) is 0 Å². The van der Waals surface area contributed by atoms with E-state index in [0.717, 1.165) is 19.5 Å². The number of hydrogen-bond donors (Lipinski definition) is 3. The van der Waals surface area contributed by atoms with Crippen LogP contribution in [0.1, 0.15) is 12.8 Å². The molecule has 0 spiro atoms. The number of hydrogen-bond acceptors (Lipinski definition) is 3. The second-order valence-corrected chi connectivity index (χ2v) is 3.18. The van der Waals surface area contributed by atoms with Crippen LogP contribution in [0.4, 0.5) is 0 Å². The molecule has 11 heavy (non-hydrogen) atoms. The minimum absolute atomic E-state index is 0.119. The van der Waals surface area contributed by atoms with Crippen LogP contribution in [-0.4, -0.2) is 30.8 Å². The number of amides is 1. The summed E-state index contributed by atoms with van der Waals surface area (Å²) in [4.78, 5) is 11.0. The van der Waals surface area contributed by atoms with Gasteiger partial charge in [0.2, 0.25) is 5.91 Å². The van der Waals surface area contributed by atoms with E-state index >= 15 is 0 Å². The lowest BCUT2D eigenvalue weighted by Gasteiger charge is -2.09. The zero-order chi connectivity index (χ0) is 8.10. The molecule has 64 valence electrons. The van der Waals surface area contributed by atoms with Gasteiger partial charge in [0, 0.05) is 19.0 Å². The molecule has 1 heterocycles. The van der Waals surface area contributed by atoms with E-state index in [0.29, 0.717) is 18.2 Å². The fourth-order valence-corrected chi connectivity index (χ4v) is 1.38. The Morgan fingerprint density at radius 2 is 2.55 bits per heavy atom. The molecule has 1 atom stereocenters. The van der Waals surface area contributed by atoms with Gasteiger partial charge in [0.15, 0.2) is 0 Å². The Balaban J connectivity index is 2.13. The monoisotopic (exact) mass is 174 g/mol. The van der Waals surface area contributed by atoms with Crippen molar-refractivity contribution in [1.82, 2.24) is 10.6 Å². The molecule has 4 heteroatoms. The van der Waals surface area contributed by atoms with Crippen molar-refractivity contribution in [2.75, 3.05) is 18.8 Å². The van der Waals surface area contributed by atoms with Gasteiger partial charge in [0.25, 0.3) is 0 Å². The molecule has 0 aromatic heterocycles. The second kappa shape index (κ2) is 4.62. The lowest BCUT2D eigenvalue weighted by atomic mass is 10.2. The zero-order valence-corrected chi connectivity index (χ0v) is 7.36. The molecule has 1 saturated heterocycles. The van der Waals surface area contributed by atoms with Gasteiger partial charge >= 0.3 is 0 Å². The van der Waals surface area contributed by atoms with E-state index < -0.39 is 0 Å². The molecule has 0 radical (unpaired) electrons. The van der Waals surface area contributed by atoms with Gasteiger partial charge in [0.1, 0.15) is 0 Å². The quantitative estimate of drug-likeness (QED) is 0.518. The highest BCUT2D eigenvalue weighted by Crippen LogP contribution is 1.97. The molecule has 0 aliphatic carbocycles. The van der Waals surface area contributed by atoms with Crippen LogP contribution in [0.2, 0.25) is 0 Å². The van der Waals surface area contributed by atoms with Crippen LogP contribution in [0.15, 0.2) is 0 Å². The first-order valence-corrected chi connectivity index (χ1v) is 4.57. The smallest absolute Gasteiger partial charge is 0.221 e. The minimum Gasteiger partial charge on any atom is -0.352 e. The molecule has 1 amide bonds. The number of rotatable bonds is 3. The molecule has 0 aromatic rings. The predicted octanol–water partition coefficient (Wildman–Crippen LogP) is -0.216. The summed E-state index contributed by atoms with van der Waals surface area (Å²) in [6.45, 7) is 1.93. The SMILES string of the molecule is O=C(CCS)NC1CCNC1. The average Bonchev–Trinajstić information content (AvgIpc) is 2.40. The van der Waals surface area contributed by atoms with Gasteiger partial charge < -0.3 is 10.6 Å². The fraction of sp³-hybridized carbons (Fsp3) is 0.857. The van der Waals surface area contributed by atoms with Crippen LogP contribution in [0.25, 0.3) is 0 Å². The Bertz CT molecular complexity index is 134. The summed E-state index contributed by atoms with van der Waals surface area (Å²) in [5, 5.41) is 6.12. The lowest BCUT2D eigenvalue weighted by molar-refractivity contribution is -0.121. The van der Waals surface area contributed by atoms with Crippen LogP contribution in [0, 0.1) is 0 Å². The van der Waals surface area contributed by atoms with E-state index in [2.05, 4.69) is 23.3 Å². The van der Waals surface area contributed by atoms with E-state index in [4.69, 9.17) is 0 Å². The van der Waals surface area contributed by atoms with Gasteiger partial charge in [-0.1, -0.05) is 0 Å². The third kappa shape index (κ3) is 3.12. The molecular formula is C7H14N2OS. The predicted molar refractivity (Wildman–Crippen MR) is 47.9 cm³/mol. The van der Waals surface area contributed by atoms with Gasteiger partial charge in [0.05, 0.1) is 0 Å². The van der Waals surface area contributed by atoms with Crippen molar-refractivity contribution in [2.45, 2.75) is 18.9 Å². The molecule has 0 saturated carbocycles. The van der Waals surface area contributed by atoms with Crippen molar-refractivity contribution in [3.05, 3.63) is 0 Å². The lowest BCUT2D eigenvalue weighted by Crippen LogP contribution is -2.36. The Morgan fingerprint density at radius 3 is 3.09 bits per heavy atom. The van der Waals surface area contributed by atoms with Crippen molar-refractivity contribution in [3.63, 3.8) is 0 Å². The molecular weight excluding hydrogens is 160 g/mol. The number of carbonyl (C=O) groups is 1. The summed E-state index contributed by atoms with van der Waals surface area (Å²) in [7, 11) is 0. The minimum atomic E-state index is 0.119. The summed E-state index contributed by atoms with van der Waals surface area (Å²) in [6, 6.07) is 0.349. The Labute approximate surface area is 72.3 Å². The number of nitrogens with one attached hydrogen (secondary N) is 2. The number of carbonyl (C=O) groups excluding carboxylic acids is 1. The Kier molecular flexibility index (Phi) is 3.72. The van der Waals surface area contributed by atoms with E-state index in [1.54, 1.807) is 0 Å². The van der Waals surface area contributed by atoms with Crippen molar-refractivity contribution in [1.29, 1.82) is 0 Å². The first-order valence-electron chi connectivity index (χ1n) is 3.94. The third-order valence-corrected chi connectivity index (χ3v) is 1.99. The van der Waals surface area contributed by atoms with Gasteiger partial charge in [-0.25, -0.2) is 0 Å². The average molecular weight is 174 g/mol. The zero-order valence-electron chi connectivity index (χ0n) is 6.47. The molecule has 1 fully saturated rings. The Hall–Kier alpha value is -0.220. The second-order valence-electron chi connectivity index (χ2n) is 2.73. The fourth-order valence-electron chi connectivity index (χ4n) is 1.18. The van der Waals surface area contributed by atoms with Gasteiger partial charge in [-0.3, -0.25) is 4.79 Å². The van der Waals surface area contributed by atoms with E-state index in [-0.39, 0.29) is 5.91 Å². The highest BCUT2D eigenvalue weighted by Gasteiger charge is 2.15. The molecule has 1 unspecified atom stereocenters. The molecule has 3 nitrogen and oxygen atoms in total. The molecule has 0 aromatic carbocycles. The maximum Gasteiger partial charge on any atom is 0.221 e. The summed E-state index contributed by atoms with van der Waals surface area (Å²) in [5.41, 5.74) is 0. The van der Waals surface area contributed by atoms with E-state index in [1.807, 2.05) is 0 Å². The Morgan fingerprint density at radius 1 is 1.73 bits per heavy atom. The first-order chi connectivity index (χ1) is 5.33. The van der Waals surface area contributed by atoms with Crippen LogP contribution < -0.4 is 10.6 Å². The number of thiol groups is 1. The van der Waals surface area contributed by atoms with Crippen molar-refractivity contribution < 1.29 is 4.79 Å². The van der Waals surface area contributed by atoms with Crippen LogP contribution in [-0.2, 0) is 4.79 Å². The maximum absolute atomic E-state index is 11.0. The molecule has 2 N–H and O–H groups in total. The normalized spacial score (nSPS) is 23.5. The topological polar surface area (TPSA) is 41.1 Å². The van der Waals surface area contributed by atoms with Crippen LogP contribution in [0.3, 0.4) is 0 Å². The highest BCUT2D eigenvalue weighted by atomic mass is 32.1. The van der Waals surface area contributed by atoms with Gasteiger partial charge in [-0.05, 0) is 18.7 Å². The summed E-state index contributed by atoms with van der Waals surface area (Å²) >= 11 is 3.98. The van der Waals surface area contributed by atoms with E-state index in [9.17, 15) is 4.79 Å². The molecule has 0 bridgehead atoms.